The first-order valence-electron chi connectivity index (χ1n) is 8.76. The molecule has 0 radical (unpaired) electrons. The molecular weight excluding hydrogens is 405 g/mol. The number of thiophene rings is 1. The highest BCUT2D eigenvalue weighted by molar-refractivity contribution is 7.09. The van der Waals surface area contributed by atoms with E-state index in [-0.39, 0.29) is 18.0 Å². The molecule has 1 aliphatic heterocycles. The number of benzene rings is 1. The maximum absolute atomic E-state index is 12.6. The van der Waals surface area contributed by atoms with Crippen LogP contribution in [0.25, 0.3) is 0 Å². The normalized spacial score (nSPS) is 15.5. The molecule has 5 nitrogen and oxygen atoms in total. The Morgan fingerprint density at radius 1 is 1.15 bits per heavy atom. The summed E-state index contributed by atoms with van der Waals surface area (Å²) in [7, 11) is 0. The van der Waals surface area contributed by atoms with Crippen LogP contribution in [0.15, 0.2) is 35.7 Å². The molecule has 2 aromatic rings. The van der Waals surface area contributed by atoms with E-state index in [1.54, 1.807) is 39.3 Å². The molecule has 1 aliphatic rings. The first kappa shape index (κ1) is 20.0. The number of hydrogen-bond donors (Lipinski definition) is 1. The Bertz CT molecular complexity index is 805. The zero-order valence-corrected chi connectivity index (χ0v) is 17.3. The van der Waals surface area contributed by atoms with Gasteiger partial charge in [0.05, 0.1) is 10.6 Å². The van der Waals surface area contributed by atoms with Gasteiger partial charge in [0, 0.05) is 48.5 Å². The molecule has 3 rings (SSSR count). The summed E-state index contributed by atoms with van der Waals surface area (Å²) in [6.07, 6.45) is 0.816. The molecule has 27 heavy (non-hydrogen) atoms. The molecule has 0 bridgehead atoms. The van der Waals surface area contributed by atoms with Crippen molar-refractivity contribution in [3.63, 3.8) is 0 Å². The van der Waals surface area contributed by atoms with Crippen LogP contribution in [0.5, 0.6) is 0 Å². The van der Waals surface area contributed by atoms with E-state index in [1.807, 2.05) is 18.4 Å². The zero-order valence-electron chi connectivity index (χ0n) is 15.0. The number of rotatable bonds is 4. The maximum atomic E-state index is 12.6. The van der Waals surface area contributed by atoms with E-state index in [4.69, 9.17) is 23.2 Å². The van der Waals surface area contributed by atoms with Crippen LogP contribution in [0, 0.1) is 0 Å². The number of halogens is 2. The minimum absolute atomic E-state index is 0.0590. The molecule has 1 unspecified atom stereocenters. The lowest BCUT2D eigenvalue weighted by Crippen LogP contribution is -2.54. The SMILES string of the molecule is CC(Cc1cccs1)NC(=O)N1CCN(C(=O)c2ccc(Cl)cc2Cl)CC1. The van der Waals surface area contributed by atoms with E-state index in [0.29, 0.717) is 41.8 Å². The van der Waals surface area contributed by atoms with E-state index in [0.717, 1.165) is 6.42 Å². The minimum atomic E-state index is -0.136. The summed E-state index contributed by atoms with van der Waals surface area (Å²) in [6, 6.07) is 8.91. The van der Waals surface area contributed by atoms with Crippen molar-refractivity contribution in [3.8, 4) is 0 Å². The number of carbonyl (C=O) groups excluding carboxylic acids is 2. The van der Waals surface area contributed by atoms with Crippen molar-refractivity contribution in [2.45, 2.75) is 19.4 Å². The Labute approximate surface area is 172 Å². The molecule has 1 aromatic carbocycles. The topological polar surface area (TPSA) is 52.7 Å². The third-order valence-corrected chi connectivity index (χ3v) is 5.92. The summed E-state index contributed by atoms with van der Waals surface area (Å²) in [6.45, 7) is 3.94. The van der Waals surface area contributed by atoms with Crippen molar-refractivity contribution >= 4 is 46.5 Å². The van der Waals surface area contributed by atoms with Crippen LogP contribution in [0.3, 0.4) is 0 Å². The molecule has 1 aromatic heterocycles. The quantitative estimate of drug-likeness (QED) is 0.799. The average molecular weight is 426 g/mol. The van der Waals surface area contributed by atoms with Crippen molar-refractivity contribution in [3.05, 3.63) is 56.2 Å². The fourth-order valence-electron chi connectivity index (χ4n) is 3.03. The minimum Gasteiger partial charge on any atom is -0.335 e. The van der Waals surface area contributed by atoms with Crippen molar-refractivity contribution in [2.75, 3.05) is 26.2 Å². The largest absolute Gasteiger partial charge is 0.335 e. The number of urea groups is 1. The Balaban J connectivity index is 1.50. The standard InChI is InChI=1S/C19H21Cl2N3O2S/c1-13(11-15-3-2-10-27-15)22-19(26)24-8-6-23(7-9-24)18(25)16-5-4-14(20)12-17(16)21/h2-5,10,12-13H,6-9,11H2,1H3,(H,22,26). The number of nitrogens with zero attached hydrogens (tertiary/aromatic N) is 2. The van der Waals surface area contributed by atoms with Crippen LogP contribution in [0.1, 0.15) is 22.2 Å². The van der Waals surface area contributed by atoms with E-state index in [2.05, 4.69) is 11.4 Å². The van der Waals surface area contributed by atoms with Gasteiger partial charge in [0.25, 0.3) is 5.91 Å². The van der Waals surface area contributed by atoms with Crippen LogP contribution in [-0.2, 0) is 6.42 Å². The highest BCUT2D eigenvalue weighted by atomic mass is 35.5. The van der Waals surface area contributed by atoms with Gasteiger partial charge in [-0.1, -0.05) is 29.3 Å². The smallest absolute Gasteiger partial charge is 0.317 e. The average Bonchev–Trinajstić information content (AvgIpc) is 3.14. The Morgan fingerprint density at radius 3 is 2.48 bits per heavy atom. The van der Waals surface area contributed by atoms with Crippen LogP contribution < -0.4 is 5.32 Å². The molecule has 0 saturated carbocycles. The van der Waals surface area contributed by atoms with Gasteiger partial charge in [-0.3, -0.25) is 4.79 Å². The highest BCUT2D eigenvalue weighted by Gasteiger charge is 2.26. The van der Waals surface area contributed by atoms with E-state index < -0.39 is 0 Å². The lowest BCUT2D eigenvalue weighted by molar-refractivity contribution is 0.0664. The second-order valence-corrected chi connectivity index (χ2v) is 8.41. The van der Waals surface area contributed by atoms with Gasteiger partial charge in [-0.05, 0) is 36.6 Å². The Morgan fingerprint density at radius 2 is 1.85 bits per heavy atom. The molecule has 1 atom stereocenters. The molecule has 0 spiro atoms. The lowest BCUT2D eigenvalue weighted by Gasteiger charge is -2.35. The number of piperazine rings is 1. The molecule has 1 saturated heterocycles. The molecule has 1 fully saturated rings. The summed E-state index contributed by atoms with van der Waals surface area (Å²) < 4.78 is 0. The number of carbonyl (C=O) groups is 2. The van der Waals surface area contributed by atoms with E-state index >= 15 is 0 Å². The number of nitrogens with one attached hydrogen (secondary N) is 1. The lowest BCUT2D eigenvalue weighted by atomic mass is 10.1. The molecule has 2 heterocycles. The van der Waals surface area contributed by atoms with Crippen molar-refractivity contribution in [2.24, 2.45) is 0 Å². The second-order valence-electron chi connectivity index (χ2n) is 6.54. The van der Waals surface area contributed by atoms with E-state index in [1.165, 1.54) is 4.88 Å². The highest BCUT2D eigenvalue weighted by Crippen LogP contribution is 2.23. The van der Waals surface area contributed by atoms with Crippen molar-refractivity contribution in [1.82, 2.24) is 15.1 Å². The van der Waals surface area contributed by atoms with Crippen molar-refractivity contribution in [1.29, 1.82) is 0 Å². The predicted octanol–water partition coefficient (Wildman–Crippen LogP) is 4.15. The summed E-state index contributed by atoms with van der Waals surface area (Å²) in [5.74, 6) is -0.136. The fraction of sp³-hybridized carbons (Fsp3) is 0.368. The molecule has 3 amide bonds. The Hall–Kier alpha value is -1.76. The molecular formula is C19H21Cl2N3O2S. The van der Waals surface area contributed by atoms with Crippen LogP contribution in [0.2, 0.25) is 10.0 Å². The van der Waals surface area contributed by atoms with Gasteiger partial charge in [0.1, 0.15) is 0 Å². The van der Waals surface area contributed by atoms with Crippen LogP contribution in [-0.4, -0.2) is 54.0 Å². The molecule has 144 valence electrons. The summed E-state index contributed by atoms with van der Waals surface area (Å²) in [4.78, 5) is 29.8. The summed E-state index contributed by atoms with van der Waals surface area (Å²) >= 11 is 13.7. The van der Waals surface area contributed by atoms with Gasteiger partial charge in [0.2, 0.25) is 0 Å². The number of hydrogen-bond acceptors (Lipinski definition) is 3. The van der Waals surface area contributed by atoms with Crippen molar-refractivity contribution < 1.29 is 9.59 Å². The predicted molar refractivity (Wildman–Crippen MR) is 110 cm³/mol. The third kappa shape index (κ3) is 5.15. The van der Waals surface area contributed by atoms with E-state index in [9.17, 15) is 9.59 Å². The number of amides is 3. The van der Waals surface area contributed by atoms with Gasteiger partial charge >= 0.3 is 6.03 Å². The molecule has 1 N–H and O–H groups in total. The van der Waals surface area contributed by atoms with Gasteiger partial charge in [-0.2, -0.15) is 0 Å². The molecule has 0 aliphatic carbocycles. The fourth-order valence-corrected chi connectivity index (χ4v) is 4.35. The first-order valence-corrected chi connectivity index (χ1v) is 10.4. The molecule has 8 heteroatoms. The maximum Gasteiger partial charge on any atom is 0.317 e. The zero-order chi connectivity index (χ0) is 19.4. The van der Waals surface area contributed by atoms with Crippen LogP contribution in [0.4, 0.5) is 4.79 Å². The second kappa shape index (κ2) is 8.95. The summed E-state index contributed by atoms with van der Waals surface area (Å²) in [5, 5.41) is 5.91. The van der Waals surface area contributed by atoms with Gasteiger partial charge in [0.15, 0.2) is 0 Å². The third-order valence-electron chi connectivity index (χ3n) is 4.47. The first-order chi connectivity index (χ1) is 12.9. The van der Waals surface area contributed by atoms with Crippen LogP contribution >= 0.6 is 34.5 Å². The Kier molecular flexibility index (Phi) is 6.63. The van der Waals surface area contributed by atoms with Gasteiger partial charge < -0.3 is 15.1 Å². The summed E-state index contributed by atoms with van der Waals surface area (Å²) in [5.41, 5.74) is 0.434. The monoisotopic (exact) mass is 425 g/mol. The van der Waals surface area contributed by atoms with Gasteiger partial charge in [-0.15, -0.1) is 11.3 Å². The van der Waals surface area contributed by atoms with Gasteiger partial charge in [-0.25, -0.2) is 4.79 Å².